The Labute approximate surface area is 118 Å². The van der Waals surface area contributed by atoms with E-state index in [-0.39, 0.29) is 5.69 Å². The average Bonchev–Trinajstić information content (AvgIpc) is 2.42. The fraction of sp³-hybridized carbons (Fsp3) is 0.625. The zero-order chi connectivity index (χ0) is 13.7. The van der Waals surface area contributed by atoms with Gasteiger partial charge in [0, 0.05) is 6.04 Å². The van der Waals surface area contributed by atoms with Gasteiger partial charge in [-0.15, -0.1) is 0 Å². The Morgan fingerprint density at radius 2 is 1.75 bits per heavy atom. The molecule has 0 unspecified atom stereocenters. The molecule has 0 atom stereocenters. The predicted molar refractivity (Wildman–Crippen MR) is 75.7 cm³/mol. The molecule has 0 saturated heterocycles. The maximum Gasteiger partial charge on any atom is 0.354 e. The van der Waals surface area contributed by atoms with Crippen molar-refractivity contribution in [2.24, 2.45) is 23.7 Å². The largest absolute Gasteiger partial charge is 0.477 e. The smallest absolute Gasteiger partial charge is 0.354 e. The number of hydrogen-bond donors (Lipinski definition) is 2. The number of rotatable bonds is 3. The van der Waals surface area contributed by atoms with Crippen molar-refractivity contribution in [2.45, 2.75) is 38.1 Å². The number of carboxylic acids is 1. The maximum absolute atomic E-state index is 10.8. The van der Waals surface area contributed by atoms with Gasteiger partial charge in [-0.2, -0.15) is 0 Å². The van der Waals surface area contributed by atoms with E-state index in [4.69, 9.17) is 5.11 Å². The number of anilines is 1. The summed E-state index contributed by atoms with van der Waals surface area (Å²) in [5.74, 6) is 2.60. The van der Waals surface area contributed by atoms with E-state index < -0.39 is 5.97 Å². The summed E-state index contributed by atoms with van der Waals surface area (Å²) in [6, 6.07) is 4.00. The number of aromatic nitrogens is 1. The number of pyridine rings is 1. The second kappa shape index (κ2) is 4.47. The molecule has 1 aromatic heterocycles. The second-order valence-electron chi connectivity index (χ2n) is 6.84. The van der Waals surface area contributed by atoms with Gasteiger partial charge in [-0.25, -0.2) is 9.78 Å². The summed E-state index contributed by atoms with van der Waals surface area (Å²) in [7, 11) is 0. The van der Waals surface area contributed by atoms with Crippen molar-refractivity contribution in [2.75, 3.05) is 5.32 Å². The summed E-state index contributed by atoms with van der Waals surface area (Å²) in [6.07, 6.45) is 8.65. The number of carbonyl (C=O) groups is 1. The van der Waals surface area contributed by atoms with Crippen LogP contribution in [0, 0.1) is 23.7 Å². The average molecular weight is 272 g/mol. The van der Waals surface area contributed by atoms with Crippen LogP contribution in [0.3, 0.4) is 0 Å². The van der Waals surface area contributed by atoms with E-state index in [1.807, 2.05) is 6.07 Å². The Bertz CT molecular complexity index is 498. The molecule has 0 spiro atoms. The molecule has 0 aromatic carbocycles. The first-order valence-corrected chi connectivity index (χ1v) is 7.65. The molecule has 0 amide bonds. The molecule has 5 rings (SSSR count). The number of hydrogen-bond acceptors (Lipinski definition) is 3. The van der Waals surface area contributed by atoms with E-state index in [9.17, 15) is 4.79 Å². The third-order valence-electron chi connectivity index (χ3n) is 5.54. The molecular weight excluding hydrogens is 252 g/mol. The molecule has 4 fully saturated rings. The Balaban J connectivity index is 1.50. The molecule has 0 aliphatic heterocycles. The van der Waals surface area contributed by atoms with Crippen LogP contribution in [-0.4, -0.2) is 22.1 Å². The summed E-state index contributed by atoms with van der Waals surface area (Å²) in [5.41, 5.74) is 1.08. The molecular formula is C16H20N2O2. The normalized spacial score (nSPS) is 37.9. The zero-order valence-corrected chi connectivity index (χ0v) is 11.5. The van der Waals surface area contributed by atoms with Crippen molar-refractivity contribution in [3.63, 3.8) is 0 Å². The van der Waals surface area contributed by atoms with Gasteiger partial charge in [0.15, 0.2) is 0 Å². The van der Waals surface area contributed by atoms with Gasteiger partial charge >= 0.3 is 5.97 Å². The van der Waals surface area contributed by atoms with Crippen molar-refractivity contribution >= 4 is 11.7 Å². The molecule has 4 aliphatic carbocycles. The lowest BCUT2D eigenvalue weighted by Crippen LogP contribution is -2.51. The fourth-order valence-electron chi connectivity index (χ4n) is 4.96. The van der Waals surface area contributed by atoms with Gasteiger partial charge < -0.3 is 10.4 Å². The summed E-state index contributed by atoms with van der Waals surface area (Å²) in [4.78, 5) is 14.8. The monoisotopic (exact) mass is 272 g/mol. The first-order valence-electron chi connectivity index (χ1n) is 7.65. The van der Waals surface area contributed by atoms with E-state index >= 15 is 0 Å². The maximum atomic E-state index is 10.8. The first kappa shape index (κ1) is 12.2. The summed E-state index contributed by atoms with van der Waals surface area (Å²) >= 11 is 0. The van der Waals surface area contributed by atoms with Crippen LogP contribution in [0.1, 0.15) is 42.6 Å². The quantitative estimate of drug-likeness (QED) is 0.888. The number of nitrogens with one attached hydrogen (secondary N) is 1. The topological polar surface area (TPSA) is 62.2 Å². The Morgan fingerprint density at radius 3 is 2.25 bits per heavy atom. The number of aromatic carboxylic acids is 1. The van der Waals surface area contributed by atoms with Crippen molar-refractivity contribution in [1.29, 1.82) is 0 Å². The van der Waals surface area contributed by atoms with Gasteiger partial charge in [-0.1, -0.05) is 0 Å². The standard InChI is InChI=1S/C16H20N2O2/c19-16(20)14-2-1-13(8-17-14)18-15-11-4-9-3-10(6-11)7-12(15)5-9/h1-2,8-12,15,18H,3-7H2,(H,19,20). The molecule has 1 heterocycles. The molecule has 20 heavy (non-hydrogen) atoms. The minimum Gasteiger partial charge on any atom is -0.477 e. The van der Waals surface area contributed by atoms with Gasteiger partial charge in [-0.05, 0) is 67.9 Å². The lowest BCUT2D eigenvalue weighted by molar-refractivity contribution is 0.00753. The van der Waals surface area contributed by atoms with Crippen LogP contribution in [0.25, 0.3) is 0 Å². The highest BCUT2D eigenvalue weighted by Gasteiger charge is 2.48. The highest BCUT2D eigenvalue weighted by atomic mass is 16.4. The van der Waals surface area contributed by atoms with Crippen LogP contribution < -0.4 is 5.32 Å². The van der Waals surface area contributed by atoms with Crippen LogP contribution in [0.5, 0.6) is 0 Å². The van der Waals surface area contributed by atoms with Gasteiger partial charge in [0.05, 0.1) is 11.9 Å². The Morgan fingerprint density at radius 1 is 1.10 bits per heavy atom. The minimum absolute atomic E-state index is 0.112. The molecule has 1 aromatic rings. The van der Waals surface area contributed by atoms with Gasteiger partial charge in [0.2, 0.25) is 0 Å². The molecule has 106 valence electrons. The van der Waals surface area contributed by atoms with E-state index in [0.29, 0.717) is 6.04 Å². The minimum atomic E-state index is -0.967. The predicted octanol–water partition coefficient (Wildman–Crippen LogP) is 3.02. The Hall–Kier alpha value is -1.58. The van der Waals surface area contributed by atoms with E-state index in [0.717, 1.165) is 29.4 Å². The molecule has 4 heteroatoms. The molecule has 4 nitrogen and oxygen atoms in total. The molecule has 2 N–H and O–H groups in total. The second-order valence-corrected chi connectivity index (χ2v) is 6.84. The van der Waals surface area contributed by atoms with Crippen LogP contribution >= 0.6 is 0 Å². The van der Waals surface area contributed by atoms with Crippen LogP contribution in [0.2, 0.25) is 0 Å². The number of carboxylic acid groups (broad SMARTS) is 1. The molecule has 4 bridgehead atoms. The lowest BCUT2D eigenvalue weighted by Gasteiger charge is -2.54. The van der Waals surface area contributed by atoms with Crippen LogP contribution in [0.15, 0.2) is 18.3 Å². The summed E-state index contributed by atoms with van der Waals surface area (Å²) in [6.45, 7) is 0. The first-order chi connectivity index (χ1) is 9.69. The molecule has 4 saturated carbocycles. The van der Waals surface area contributed by atoms with E-state index in [2.05, 4.69) is 10.3 Å². The SMILES string of the molecule is O=C(O)c1ccc(NC2C3CC4CC(C3)CC2C4)cn1. The summed E-state index contributed by atoms with van der Waals surface area (Å²) in [5, 5.41) is 12.5. The van der Waals surface area contributed by atoms with Crippen molar-refractivity contribution in [3.8, 4) is 0 Å². The Kier molecular flexibility index (Phi) is 2.72. The third kappa shape index (κ3) is 1.98. The van der Waals surface area contributed by atoms with Gasteiger partial charge in [0.1, 0.15) is 5.69 Å². The summed E-state index contributed by atoms with van der Waals surface area (Å²) < 4.78 is 0. The third-order valence-corrected chi connectivity index (χ3v) is 5.54. The molecule has 0 radical (unpaired) electrons. The van der Waals surface area contributed by atoms with E-state index in [1.54, 1.807) is 12.3 Å². The zero-order valence-electron chi connectivity index (χ0n) is 11.5. The van der Waals surface area contributed by atoms with Crippen LogP contribution in [-0.2, 0) is 0 Å². The highest BCUT2D eigenvalue weighted by molar-refractivity contribution is 5.85. The number of nitrogens with zero attached hydrogens (tertiary/aromatic N) is 1. The van der Waals surface area contributed by atoms with E-state index in [1.165, 1.54) is 32.1 Å². The van der Waals surface area contributed by atoms with Gasteiger partial charge in [0.25, 0.3) is 0 Å². The lowest BCUT2D eigenvalue weighted by atomic mass is 9.54. The van der Waals surface area contributed by atoms with Crippen molar-refractivity contribution < 1.29 is 9.90 Å². The van der Waals surface area contributed by atoms with Crippen molar-refractivity contribution in [1.82, 2.24) is 4.98 Å². The van der Waals surface area contributed by atoms with Crippen molar-refractivity contribution in [3.05, 3.63) is 24.0 Å². The van der Waals surface area contributed by atoms with Crippen LogP contribution in [0.4, 0.5) is 5.69 Å². The van der Waals surface area contributed by atoms with Gasteiger partial charge in [-0.3, -0.25) is 0 Å². The fourth-order valence-corrected chi connectivity index (χ4v) is 4.96. The highest BCUT2D eigenvalue weighted by Crippen LogP contribution is 2.54. The molecule has 4 aliphatic rings.